The number of halogens is 1. The van der Waals surface area contributed by atoms with E-state index in [9.17, 15) is 18.5 Å². The number of nitro benzene ring substituents is 1. The Hall–Kier alpha value is -1.26. The molecule has 0 amide bonds. The average molecular weight is 325 g/mol. The number of rotatable bonds is 7. The van der Waals surface area contributed by atoms with Crippen molar-refractivity contribution in [2.45, 2.75) is 11.2 Å². The van der Waals surface area contributed by atoms with Gasteiger partial charge in [-0.1, -0.05) is 11.6 Å². The second kappa shape index (κ2) is 6.95. The van der Waals surface area contributed by atoms with Gasteiger partial charge >= 0.3 is 0 Å². The van der Waals surface area contributed by atoms with Crippen LogP contribution < -0.4 is 4.72 Å². The predicted octanol–water partition coefficient (Wildman–Crippen LogP) is 1.15. The standard InChI is InChI=1S/C10H13ClN2O6S/c1-18-10(19-2)6-12-20(16,17)9-5-7(13(14)15)3-4-8(9)11/h3-5,10,12H,6H2,1-2H3. The third-order valence-corrected chi connectivity index (χ3v) is 4.29. The fraction of sp³-hybridized carbons (Fsp3) is 0.400. The van der Waals surface area contributed by atoms with E-state index in [-0.39, 0.29) is 22.2 Å². The minimum absolute atomic E-state index is 0.116. The minimum Gasteiger partial charge on any atom is -0.355 e. The molecule has 0 atom stereocenters. The molecule has 0 bridgehead atoms. The summed E-state index contributed by atoms with van der Waals surface area (Å²) in [6.45, 7) is -0.158. The number of non-ortho nitro benzene ring substituents is 1. The summed E-state index contributed by atoms with van der Waals surface area (Å²) in [4.78, 5) is 9.58. The number of sulfonamides is 1. The van der Waals surface area contributed by atoms with Crippen molar-refractivity contribution in [3.63, 3.8) is 0 Å². The number of nitrogens with one attached hydrogen (secondary N) is 1. The van der Waals surface area contributed by atoms with Crippen LogP contribution in [0.15, 0.2) is 23.1 Å². The Labute approximate surface area is 120 Å². The minimum atomic E-state index is -4.01. The predicted molar refractivity (Wildman–Crippen MR) is 71.1 cm³/mol. The van der Waals surface area contributed by atoms with Crippen molar-refractivity contribution in [2.24, 2.45) is 0 Å². The van der Waals surface area contributed by atoms with E-state index >= 15 is 0 Å². The summed E-state index contributed by atoms with van der Waals surface area (Å²) in [5.41, 5.74) is -0.371. The molecule has 0 aliphatic rings. The first kappa shape index (κ1) is 16.8. The fourth-order valence-electron chi connectivity index (χ4n) is 1.33. The molecule has 8 nitrogen and oxygen atoms in total. The smallest absolute Gasteiger partial charge is 0.270 e. The monoisotopic (exact) mass is 324 g/mol. The van der Waals surface area contributed by atoms with E-state index in [2.05, 4.69) is 4.72 Å². The fourth-order valence-corrected chi connectivity index (χ4v) is 2.86. The van der Waals surface area contributed by atoms with Gasteiger partial charge in [-0.3, -0.25) is 10.1 Å². The highest BCUT2D eigenvalue weighted by molar-refractivity contribution is 7.89. The number of nitrogens with zero attached hydrogens (tertiary/aromatic N) is 1. The van der Waals surface area contributed by atoms with Gasteiger partial charge < -0.3 is 9.47 Å². The van der Waals surface area contributed by atoms with Crippen LogP contribution in [0.2, 0.25) is 5.02 Å². The van der Waals surface area contributed by atoms with Gasteiger partial charge in [-0.2, -0.15) is 0 Å². The highest BCUT2D eigenvalue weighted by Crippen LogP contribution is 2.25. The van der Waals surface area contributed by atoms with E-state index < -0.39 is 21.2 Å². The SMILES string of the molecule is COC(CNS(=O)(=O)c1cc([N+](=O)[O-])ccc1Cl)OC. The van der Waals surface area contributed by atoms with Gasteiger partial charge in [0.1, 0.15) is 4.90 Å². The van der Waals surface area contributed by atoms with Crippen LogP contribution in [0.5, 0.6) is 0 Å². The second-order valence-corrected chi connectivity index (χ2v) is 5.77. The van der Waals surface area contributed by atoms with Gasteiger partial charge in [0.15, 0.2) is 6.29 Å². The Morgan fingerprint density at radius 1 is 1.40 bits per heavy atom. The van der Waals surface area contributed by atoms with Gasteiger partial charge in [0.2, 0.25) is 10.0 Å². The number of nitro groups is 1. The molecule has 0 heterocycles. The molecule has 0 unspecified atom stereocenters. The van der Waals surface area contributed by atoms with Crippen LogP contribution in [0.4, 0.5) is 5.69 Å². The maximum Gasteiger partial charge on any atom is 0.270 e. The molecular weight excluding hydrogens is 312 g/mol. The largest absolute Gasteiger partial charge is 0.355 e. The lowest BCUT2D eigenvalue weighted by atomic mass is 10.3. The summed E-state index contributed by atoms with van der Waals surface area (Å²) in [5, 5.41) is 10.5. The summed E-state index contributed by atoms with van der Waals surface area (Å²) in [6.07, 6.45) is -0.776. The first-order chi connectivity index (χ1) is 9.31. The van der Waals surface area contributed by atoms with Crippen molar-refractivity contribution in [2.75, 3.05) is 20.8 Å². The number of hydrogen-bond acceptors (Lipinski definition) is 6. The molecule has 0 saturated carbocycles. The third-order valence-electron chi connectivity index (χ3n) is 2.38. The highest BCUT2D eigenvalue weighted by atomic mass is 35.5. The van der Waals surface area contributed by atoms with Gasteiger partial charge in [0.05, 0.1) is 16.5 Å². The number of hydrogen-bond donors (Lipinski definition) is 1. The Morgan fingerprint density at radius 3 is 2.50 bits per heavy atom. The molecule has 0 fully saturated rings. The summed E-state index contributed by atoms with van der Waals surface area (Å²) >= 11 is 5.76. The molecule has 0 aromatic heterocycles. The molecular formula is C10H13ClN2O6S. The van der Waals surface area contributed by atoms with Gasteiger partial charge in [0, 0.05) is 26.4 Å². The summed E-state index contributed by atoms with van der Waals surface area (Å²) in [5.74, 6) is 0. The molecule has 0 saturated heterocycles. The van der Waals surface area contributed by atoms with Crippen molar-refractivity contribution in [3.05, 3.63) is 33.3 Å². The van der Waals surface area contributed by atoms with Gasteiger partial charge in [-0.05, 0) is 6.07 Å². The molecule has 1 aromatic carbocycles. The zero-order valence-corrected chi connectivity index (χ0v) is 12.3. The van der Waals surface area contributed by atoms with Crippen molar-refractivity contribution < 1.29 is 22.8 Å². The molecule has 1 N–H and O–H groups in total. The average Bonchev–Trinajstić information content (AvgIpc) is 2.39. The Bertz CT molecular complexity index is 587. The summed E-state index contributed by atoms with van der Waals surface area (Å²) in [7, 11) is -1.31. The summed E-state index contributed by atoms with van der Waals surface area (Å²) < 4.78 is 35.9. The van der Waals surface area contributed by atoms with Gasteiger partial charge in [-0.15, -0.1) is 0 Å². The molecule has 1 rings (SSSR count). The van der Waals surface area contributed by atoms with Crippen molar-refractivity contribution in [1.29, 1.82) is 0 Å². The lowest BCUT2D eigenvalue weighted by molar-refractivity contribution is -0.385. The lowest BCUT2D eigenvalue weighted by Gasteiger charge is -2.14. The Morgan fingerprint density at radius 2 is 2.00 bits per heavy atom. The van der Waals surface area contributed by atoms with Crippen molar-refractivity contribution in [3.8, 4) is 0 Å². The molecule has 20 heavy (non-hydrogen) atoms. The molecule has 0 aliphatic heterocycles. The zero-order chi connectivity index (χ0) is 15.3. The highest BCUT2D eigenvalue weighted by Gasteiger charge is 2.22. The van der Waals surface area contributed by atoms with Crippen LogP contribution >= 0.6 is 11.6 Å². The molecule has 0 aliphatic carbocycles. The second-order valence-electron chi connectivity index (χ2n) is 3.62. The van der Waals surface area contributed by atoms with Gasteiger partial charge in [0.25, 0.3) is 5.69 Å². The quantitative estimate of drug-likeness (QED) is 0.458. The van der Waals surface area contributed by atoms with Crippen LogP contribution in [-0.4, -0.2) is 40.4 Å². The van der Waals surface area contributed by atoms with E-state index in [0.29, 0.717) is 0 Å². The number of benzene rings is 1. The van der Waals surface area contributed by atoms with Gasteiger partial charge in [-0.25, -0.2) is 13.1 Å². The Kier molecular flexibility index (Phi) is 5.84. The lowest BCUT2D eigenvalue weighted by Crippen LogP contribution is -2.34. The molecule has 10 heteroatoms. The normalized spacial score (nSPS) is 11.8. The number of ether oxygens (including phenoxy) is 2. The van der Waals surface area contributed by atoms with E-state index in [1.165, 1.54) is 14.2 Å². The van der Waals surface area contributed by atoms with Crippen LogP contribution in [-0.2, 0) is 19.5 Å². The summed E-state index contributed by atoms with van der Waals surface area (Å²) in [6, 6.07) is 3.16. The van der Waals surface area contributed by atoms with Crippen LogP contribution in [0.1, 0.15) is 0 Å². The number of methoxy groups -OCH3 is 2. The molecule has 1 aromatic rings. The topological polar surface area (TPSA) is 108 Å². The van der Waals surface area contributed by atoms with Crippen LogP contribution in [0.25, 0.3) is 0 Å². The van der Waals surface area contributed by atoms with E-state index in [1.807, 2.05) is 0 Å². The molecule has 0 spiro atoms. The van der Waals surface area contributed by atoms with Crippen LogP contribution in [0, 0.1) is 10.1 Å². The maximum atomic E-state index is 12.0. The Balaban J connectivity index is 3.03. The van der Waals surface area contributed by atoms with E-state index in [0.717, 1.165) is 18.2 Å². The van der Waals surface area contributed by atoms with E-state index in [1.54, 1.807) is 0 Å². The van der Waals surface area contributed by atoms with Crippen molar-refractivity contribution >= 4 is 27.3 Å². The van der Waals surface area contributed by atoms with Crippen molar-refractivity contribution in [1.82, 2.24) is 4.72 Å². The third kappa shape index (κ3) is 4.12. The maximum absolute atomic E-state index is 12.0. The van der Waals surface area contributed by atoms with E-state index in [4.69, 9.17) is 21.1 Å². The first-order valence-corrected chi connectivity index (χ1v) is 7.17. The molecule has 0 radical (unpaired) electrons. The zero-order valence-electron chi connectivity index (χ0n) is 10.7. The first-order valence-electron chi connectivity index (χ1n) is 5.31. The molecule has 112 valence electrons. The van der Waals surface area contributed by atoms with Crippen LogP contribution in [0.3, 0.4) is 0 Å².